The van der Waals surface area contributed by atoms with E-state index >= 15 is 0 Å². The molecule has 3 aromatic rings. The lowest BCUT2D eigenvalue weighted by atomic mass is 9.45. The molecule has 0 unspecified atom stereocenters. The van der Waals surface area contributed by atoms with Gasteiger partial charge in [-0.05, 0) is 99.7 Å². The molecular formula is C46H65N5O6. The van der Waals surface area contributed by atoms with Crippen LogP contribution in [0.2, 0.25) is 0 Å². The molecule has 11 heteroatoms. The number of hydrogen-bond acceptors (Lipinski definition) is 9. The number of aliphatic hydroxyl groups excluding tert-OH is 2. The SMILES string of the molecule is CCOc1c(CN2O[C@@H](CO)[C@@H]([C@H](C)O)[C@H]2C(=O)N[C@H]2C[C@@H]3C[C@H]([C@@H]2C)C3(C)C)cccc1-c1cc(C(=O)N[C@@H](Cc2ccccc2)CN(C)C)cc(N(C)C)c1. The van der Waals surface area contributed by atoms with Crippen LogP contribution in [-0.4, -0.2) is 110 Å². The van der Waals surface area contributed by atoms with E-state index in [0.717, 1.165) is 34.4 Å². The summed E-state index contributed by atoms with van der Waals surface area (Å²) in [5, 5.41) is 29.7. The van der Waals surface area contributed by atoms with E-state index in [0.29, 0.717) is 48.6 Å². The Bertz CT molecular complexity index is 1850. The van der Waals surface area contributed by atoms with Gasteiger partial charge < -0.3 is 35.4 Å². The largest absolute Gasteiger partial charge is 0.493 e. The molecule has 4 aliphatic rings. The zero-order valence-corrected chi connectivity index (χ0v) is 35.4. The standard InChI is InChI=1S/C46H65N5O6/c1-10-56-43-31(25-51-42(41(29(3)53)40(27-52)57-51)45(55)48-39-24-34-23-38(28(39)2)46(34,4)5)17-14-18-37(43)32-20-33(22-36(21-32)50(8)9)44(54)47-35(26-49(6)7)19-30-15-12-11-13-16-30/h11-18,20-22,28-29,34-35,38-42,52-53H,10,19,23-27H2,1-9H3,(H,47,54)(H,48,55)/t28-,29-,34-,35-,38+,39-,40-,41+,42-/m0/s1. The molecule has 57 heavy (non-hydrogen) atoms. The highest BCUT2D eigenvalue weighted by molar-refractivity contribution is 5.97. The van der Waals surface area contributed by atoms with Gasteiger partial charge >= 0.3 is 0 Å². The van der Waals surface area contributed by atoms with Gasteiger partial charge in [0.1, 0.15) is 17.9 Å². The zero-order chi connectivity index (χ0) is 41.2. The quantitative estimate of drug-likeness (QED) is 0.152. The number of ether oxygens (including phenoxy) is 1. The third kappa shape index (κ3) is 9.18. The highest BCUT2D eigenvalue weighted by atomic mass is 16.7. The van der Waals surface area contributed by atoms with Crippen molar-refractivity contribution < 1.29 is 29.4 Å². The predicted molar refractivity (Wildman–Crippen MR) is 225 cm³/mol. The minimum atomic E-state index is -0.903. The van der Waals surface area contributed by atoms with Crippen molar-refractivity contribution in [3.05, 3.63) is 83.4 Å². The van der Waals surface area contributed by atoms with Crippen LogP contribution in [0.3, 0.4) is 0 Å². The number of rotatable bonds is 16. The molecule has 2 bridgehead atoms. The first-order valence-electron chi connectivity index (χ1n) is 20.7. The topological polar surface area (TPSA) is 127 Å². The van der Waals surface area contributed by atoms with Crippen LogP contribution in [-0.2, 0) is 22.6 Å². The average molecular weight is 784 g/mol. The van der Waals surface area contributed by atoms with Crippen LogP contribution in [0.15, 0.2) is 66.7 Å². The van der Waals surface area contributed by atoms with Gasteiger partial charge in [0.15, 0.2) is 0 Å². The summed E-state index contributed by atoms with van der Waals surface area (Å²) in [5.41, 5.74) is 5.21. The number of para-hydroxylation sites is 1. The Morgan fingerprint density at radius 2 is 1.77 bits per heavy atom. The molecule has 1 heterocycles. The number of amides is 2. The summed E-state index contributed by atoms with van der Waals surface area (Å²) in [6, 6.07) is 21.0. The van der Waals surface area contributed by atoms with Crippen molar-refractivity contribution >= 4 is 17.5 Å². The molecule has 310 valence electrons. The Hall–Kier alpha value is -4.00. The van der Waals surface area contributed by atoms with Crippen molar-refractivity contribution in [2.24, 2.45) is 29.1 Å². The molecule has 0 aromatic heterocycles. The first-order chi connectivity index (χ1) is 27.1. The lowest BCUT2D eigenvalue weighted by molar-refractivity contribution is -0.183. The summed E-state index contributed by atoms with van der Waals surface area (Å²) in [5.74, 6) is 1.06. The van der Waals surface area contributed by atoms with Crippen LogP contribution >= 0.6 is 0 Å². The molecule has 1 aliphatic heterocycles. The van der Waals surface area contributed by atoms with E-state index in [4.69, 9.17) is 9.57 Å². The molecule has 4 N–H and O–H groups in total. The first kappa shape index (κ1) is 42.6. The van der Waals surface area contributed by atoms with Crippen LogP contribution in [0.5, 0.6) is 5.75 Å². The van der Waals surface area contributed by atoms with Gasteiger partial charge in [-0.1, -0.05) is 69.3 Å². The normalized spacial score (nSPS) is 26.4. The van der Waals surface area contributed by atoms with Crippen LogP contribution in [0, 0.1) is 29.1 Å². The van der Waals surface area contributed by atoms with Crippen molar-refractivity contribution in [2.75, 3.05) is 52.8 Å². The number of carbonyl (C=O) groups is 2. The van der Waals surface area contributed by atoms with E-state index in [1.165, 1.54) is 6.42 Å². The summed E-state index contributed by atoms with van der Waals surface area (Å²) in [6.45, 7) is 11.4. The number of carbonyl (C=O) groups excluding carboxylic acids is 2. The zero-order valence-electron chi connectivity index (χ0n) is 35.4. The van der Waals surface area contributed by atoms with Gasteiger partial charge in [-0.15, -0.1) is 0 Å². The molecule has 11 nitrogen and oxygen atoms in total. The van der Waals surface area contributed by atoms with Gasteiger partial charge in [0.25, 0.3) is 5.91 Å². The second-order valence-corrected chi connectivity index (χ2v) is 17.7. The van der Waals surface area contributed by atoms with Crippen LogP contribution < -0.4 is 20.3 Å². The van der Waals surface area contributed by atoms with Crippen molar-refractivity contribution in [1.29, 1.82) is 0 Å². The second-order valence-electron chi connectivity index (χ2n) is 17.7. The number of anilines is 1. The molecular weight excluding hydrogens is 719 g/mol. The molecule has 4 fully saturated rings. The molecule has 7 rings (SSSR count). The summed E-state index contributed by atoms with van der Waals surface area (Å²) in [7, 11) is 7.92. The van der Waals surface area contributed by atoms with Crippen molar-refractivity contribution in [1.82, 2.24) is 20.6 Å². The number of nitrogens with one attached hydrogen (secondary N) is 2. The minimum absolute atomic E-state index is 0.0353. The number of fused-ring (bicyclic) bond motifs is 2. The van der Waals surface area contributed by atoms with Gasteiger partial charge in [0, 0.05) is 61.0 Å². The molecule has 3 aromatic carbocycles. The third-order valence-corrected chi connectivity index (χ3v) is 13.0. The molecule has 0 spiro atoms. The lowest BCUT2D eigenvalue weighted by Gasteiger charge is -2.62. The van der Waals surface area contributed by atoms with E-state index in [1.54, 1.807) is 12.0 Å². The Kier molecular flexibility index (Phi) is 13.4. The monoisotopic (exact) mass is 783 g/mol. The van der Waals surface area contributed by atoms with Gasteiger partial charge in [0.2, 0.25) is 5.91 Å². The number of nitrogens with zero attached hydrogens (tertiary/aromatic N) is 3. The van der Waals surface area contributed by atoms with E-state index in [-0.39, 0.29) is 42.5 Å². The second kappa shape index (κ2) is 17.9. The summed E-state index contributed by atoms with van der Waals surface area (Å²) in [6.07, 6.45) is 1.17. The number of likely N-dealkylation sites (N-methyl/N-ethyl adjacent to an activating group) is 1. The van der Waals surface area contributed by atoms with Gasteiger partial charge in [-0.25, -0.2) is 0 Å². The Morgan fingerprint density at radius 3 is 2.39 bits per heavy atom. The van der Waals surface area contributed by atoms with Crippen molar-refractivity contribution in [2.45, 2.75) is 90.8 Å². The Morgan fingerprint density at radius 1 is 1.04 bits per heavy atom. The number of benzene rings is 3. The summed E-state index contributed by atoms with van der Waals surface area (Å²) < 4.78 is 6.40. The predicted octanol–water partition coefficient (Wildman–Crippen LogP) is 5.38. The maximum Gasteiger partial charge on any atom is 0.251 e. The van der Waals surface area contributed by atoms with Crippen molar-refractivity contribution in [3.8, 4) is 16.9 Å². The lowest BCUT2D eigenvalue weighted by Crippen LogP contribution is -2.62. The first-order valence-corrected chi connectivity index (χ1v) is 20.7. The minimum Gasteiger partial charge on any atom is -0.493 e. The van der Waals surface area contributed by atoms with Crippen LogP contribution in [0.25, 0.3) is 11.1 Å². The molecule has 3 aliphatic carbocycles. The summed E-state index contributed by atoms with van der Waals surface area (Å²) >= 11 is 0. The van der Waals surface area contributed by atoms with E-state index in [2.05, 4.69) is 48.4 Å². The van der Waals surface area contributed by atoms with Gasteiger partial charge in [-0.3, -0.25) is 14.4 Å². The van der Waals surface area contributed by atoms with Gasteiger partial charge in [-0.2, -0.15) is 5.06 Å². The van der Waals surface area contributed by atoms with Crippen molar-refractivity contribution in [3.63, 3.8) is 0 Å². The molecule has 9 atom stereocenters. The average Bonchev–Trinajstić information content (AvgIpc) is 3.54. The maximum atomic E-state index is 14.4. The molecule has 1 saturated heterocycles. The number of hydrogen-bond donors (Lipinski definition) is 4. The third-order valence-electron chi connectivity index (χ3n) is 13.0. The number of aliphatic hydroxyl groups is 2. The fraction of sp³-hybridized carbons (Fsp3) is 0.565. The van der Waals surface area contributed by atoms with E-state index in [9.17, 15) is 19.8 Å². The Balaban J connectivity index is 1.30. The molecule has 2 amide bonds. The highest BCUT2D eigenvalue weighted by Crippen LogP contribution is 2.61. The Labute approximate surface area is 339 Å². The van der Waals surface area contributed by atoms with Crippen LogP contribution in [0.4, 0.5) is 5.69 Å². The highest BCUT2D eigenvalue weighted by Gasteiger charge is 2.57. The molecule has 0 radical (unpaired) electrons. The maximum absolute atomic E-state index is 14.4. The van der Waals surface area contributed by atoms with Gasteiger partial charge in [0.05, 0.1) is 25.9 Å². The van der Waals surface area contributed by atoms with Crippen LogP contribution in [0.1, 0.15) is 68.9 Å². The smallest absolute Gasteiger partial charge is 0.251 e. The fourth-order valence-electron chi connectivity index (χ4n) is 9.83. The number of hydroxylamine groups is 2. The van der Waals surface area contributed by atoms with E-state index in [1.807, 2.05) is 94.6 Å². The fourth-order valence-corrected chi connectivity index (χ4v) is 9.83. The van der Waals surface area contributed by atoms with E-state index < -0.39 is 24.2 Å². The summed E-state index contributed by atoms with van der Waals surface area (Å²) in [4.78, 5) is 38.8. The molecule has 3 saturated carbocycles.